The van der Waals surface area contributed by atoms with Crippen molar-refractivity contribution in [1.29, 1.82) is 0 Å². The third-order valence-corrected chi connectivity index (χ3v) is 7.47. The second-order valence-electron chi connectivity index (χ2n) is 10.0. The molecule has 4 aromatic rings. The number of esters is 1. The van der Waals surface area contributed by atoms with Crippen molar-refractivity contribution in [2.24, 2.45) is 0 Å². The number of halogens is 2. The zero-order chi connectivity index (χ0) is 27.4. The van der Waals surface area contributed by atoms with E-state index in [1.807, 2.05) is 0 Å². The van der Waals surface area contributed by atoms with Crippen LogP contribution in [0.25, 0.3) is 26.1 Å². The van der Waals surface area contributed by atoms with Crippen molar-refractivity contribution in [1.82, 2.24) is 14.7 Å². The van der Waals surface area contributed by atoms with Gasteiger partial charge in [0, 0.05) is 18.1 Å². The second-order valence-corrected chi connectivity index (χ2v) is 11.5. The fraction of sp³-hybridized carbons (Fsp3) is 0.385. The summed E-state index contributed by atoms with van der Waals surface area (Å²) in [5.41, 5.74) is -0.634. The molecule has 0 bridgehead atoms. The minimum atomic E-state index is -0.783. The number of carbonyl (C=O) groups is 2. The predicted molar refractivity (Wildman–Crippen MR) is 145 cm³/mol. The number of ether oxygens (including phenoxy) is 2. The van der Waals surface area contributed by atoms with E-state index in [1.54, 1.807) is 55.2 Å². The zero-order valence-electron chi connectivity index (χ0n) is 21.3. The Bertz CT molecular complexity index is 1660. The van der Waals surface area contributed by atoms with Gasteiger partial charge in [0.15, 0.2) is 17.3 Å². The number of aromatic nitrogens is 2. The number of carbonyl (C=O) groups excluding carboxylic acids is 2. The predicted octanol–water partition coefficient (Wildman–Crippen LogP) is 5.14. The Balaban J connectivity index is 1.63. The lowest BCUT2D eigenvalue weighted by Gasteiger charge is -2.22. The molecule has 1 N–H and O–H groups in total. The summed E-state index contributed by atoms with van der Waals surface area (Å²) in [4.78, 5) is 45.1. The van der Waals surface area contributed by atoms with Gasteiger partial charge >= 0.3 is 12.1 Å². The molecule has 1 aliphatic rings. The average molecular weight is 561 g/mol. The van der Waals surface area contributed by atoms with Crippen LogP contribution in [-0.4, -0.2) is 52.8 Å². The van der Waals surface area contributed by atoms with E-state index in [2.05, 4.69) is 10.3 Å². The molecule has 1 aromatic carbocycles. The van der Waals surface area contributed by atoms with E-state index in [1.165, 1.54) is 11.3 Å². The highest BCUT2D eigenvalue weighted by molar-refractivity contribution is 7.24. The molecule has 200 valence electrons. The second kappa shape index (κ2) is 9.70. The standard InChI is InChI=1S/C26H26ClFN4O5S/c1-5-36-24(34)19-20(33)15-11-16(28)22(31-9-8-14(12-31)29-25(35)37-26(2,3)4)30-21(15)32-17-10-13(27)6-7-18(17)38-23(19)32/h6-7,10-11,14H,5,8-9,12H2,1-4H3,(H,29,35). The van der Waals surface area contributed by atoms with Crippen LogP contribution in [0.1, 0.15) is 44.5 Å². The Morgan fingerprint density at radius 1 is 1.29 bits per heavy atom. The summed E-state index contributed by atoms with van der Waals surface area (Å²) in [5.74, 6) is -1.45. The third kappa shape index (κ3) is 4.76. The molecule has 3 aromatic heterocycles. The van der Waals surface area contributed by atoms with Crippen LogP contribution >= 0.6 is 22.9 Å². The van der Waals surface area contributed by atoms with E-state index in [0.717, 1.165) is 10.8 Å². The molecule has 1 amide bonds. The van der Waals surface area contributed by atoms with Crippen LogP contribution < -0.4 is 15.6 Å². The molecule has 1 atom stereocenters. The van der Waals surface area contributed by atoms with Crippen molar-refractivity contribution < 1.29 is 23.5 Å². The van der Waals surface area contributed by atoms with E-state index >= 15 is 4.39 Å². The van der Waals surface area contributed by atoms with Crippen molar-refractivity contribution in [2.75, 3.05) is 24.6 Å². The summed E-state index contributed by atoms with van der Waals surface area (Å²) in [6, 6.07) is 6.05. The van der Waals surface area contributed by atoms with Gasteiger partial charge in [-0.25, -0.2) is 19.0 Å². The van der Waals surface area contributed by atoms with Gasteiger partial charge in [0.05, 0.1) is 28.3 Å². The van der Waals surface area contributed by atoms with E-state index in [4.69, 9.17) is 21.1 Å². The summed E-state index contributed by atoms with van der Waals surface area (Å²) >= 11 is 7.50. The van der Waals surface area contributed by atoms with Gasteiger partial charge in [0.25, 0.3) is 0 Å². The van der Waals surface area contributed by atoms with Gasteiger partial charge in [0.2, 0.25) is 5.43 Å². The molecule has 9 nitrogen and oxygen atoms in total. The number of hydrogen-bond acceptors (Lipinski definition) is 8. The van der Waals surface area contributed by atoms with Gasteiger partial charge in [-0.05, 0) is 58.4 Å². The van der Waals surface area contributed by atoms with E-state index < -0.39 is 28.9 Å². The van der Waals surface area contributed by atoms with Gasteiger partial charge in [-0.1, -0.05) is 11.6 Å². The van der Waals surface area contributed by atoms with Gasteiger partial charge in [-0.2, -0.15) is 0 Å². The highest BCUT2D eigenvalue weighted by Crippen LogP contribution is 2.34. The first-order valence-electron chi connectivity index (χ1n) is 12.2. The number of hydrogen-bond donors (Lipinski definition) is 1. The molecule has 0 spiro atoms. The van der Waals surface area contributed by atoms with E-state index in [0.29, 0.717) is 34.9 Å². The van der Waals surface area contributed by atoms with Crippen LogP contribution in [-0.2, 0) is 9.47 Å². The number of thiazole rings is 1. The SMILES string of the molecule is CCOC(=O)c1c(=O)c2cc(F)c(N3CCC(NC(=O)OC(C)(C)C)C3)nc2n2c1sc1ccc(Cl)cc12. The molecule has 1 unspecified atom stereocenters. The molecular weight excluding hydrogens is 535 g/mol. The maximum absolute atomic E-state index is 15.4. The largest absolute Gasteiger partial charge is 0.462 e. The van der Waals surface area contributed by atoms with Gasteiger partial charge in [-0.15, -0.1) is 11.3 Å². The number of pyridine rings is 2. The molecule has 5 rings (SSSR count). The summed E-state index contributed by atoms with van der Waals surface area (Å²) in [7, 11) is 0. The summed E-state index contributed by atoms with van der Waals surface area (Å²) in [5, 5.41) is 3.23. The van der Waals surface area contributed by atoms with Crippen molar-refractivity contribution in [3.8, 4) is 0 Å². The Labute approximate surface area is 226 Å². The molecule has 12 heteroatoms. The smallest absolute Gasteiger partial charge is 0.407 e. The van der Waals surface area contributed by atoms with Crippen molar-refractivity contribution in [3.05, 3.63) is 50.9 Å². The molecule has 1 fully saturated rings. The third-order valence-electron chi connectivity index (χ3n) is 6.09. The Morgan fingerprint density at radius 2 is 2.05 bits per heavy atom. The van der Waals surface area contributed by atoms with Crippen LogP contribution in [0.2, 0.25) is 5.02 Å². The summed E-state index contributed by atoms with van der Waals surface area (Å²) in [6.45, 7) is 7.80. The molecular formula is C26H26ClFN4O5S. The Morgan fingerprint density at radius 3 is 2.76 bits per heavy atom. The van der Waals surface area contributed by atoms with Gasteiger partial charge in [0.1, 0.15) is 16.0 Å². The minimum absolute atomic E-state index is 0.0458. The molecule has 4 heterocycles. The number of fused-ring (bicyclic) bond motifs is 5. The number of rotatable bonds is 4. The molecule has 1 saturated heterocycles. The topological polar surface area (TPSA) is 102 Å². The fourth-order valence-corrected chi connectivity index (χ4v) is 5.89. The number of anilines is 1. The molecule has 0 saturated carbocycles. The lowest BCUT2D eigenvalue weighted by atomic mass is 10.2. The van der Waals surface area contributed by atoms with Crippen molar-refractivity contribution in [2.45, 2.75) is 45.8 Å². The molecule has 0 radical (unpaired) electrons. The molecule has 0 aliphatic carbocycles. The van der Waals surface area contributed by atoms with Crippen LogP contribution in [0.4, 0.5) is 15.0 Å². The fourth-order valence-electron chi connectivity index (χ4n) is 4.57. The van der Waals surface area contributed by atoms with E-state index in [9.17, 15) is 14.4 Å². The maximum atomic E-state index is 15.4. The van der Waals surface area contributed by atoms with Crippen molar-refractivity contribution >= 4 is 66.9 Å². The Kier molecular flexibility index (Phi) is 6.68. The van der Waals surface area contributed by atoms with Crippen LogP contribution in [0.15, 0.2) is 29.1 Å². The number of nitrogens with one attached hydrogen (secondary N) is 1. The highest BCUT2D eigenvalue weighted by atomic mass is 35.5. The number of amides is 1. The highest BCUT2D eigenvalue weighted by Gasteiger charge is 2.30. The van der Waals surface area contributed by atoms with Gasteiger partial charge in [-0.3, -0.25) is 9.20 Å². The van der Waals surface area contributed by atoms with E-state index in [-0.39, 0.29) is 35.1 Å². The normalized spacial score (nSPS) is 15.9. The first kappa shape index (κ1) is 26.2. The van der Waals surface area contributed by atoms with Crippen molar-refractivity contribution in [3.63, 3.8) is 0 Å². The average Bonchev–Trinajstić information content (AvgIpc) is 3.42. The summed E-state index contributed by atoms with van der Waals surface area (Å²) in [6.07, 6.45) is 0.0182. The molecule has 1 aliphatic heterocycles. The van der Waals surface area contributed by atoms with Crippen LogP contribution in [0, 0.1) is 5.82 Å². The maximum Gasteiger partial charge on any atom is 0.407 e. The van der Waals surface area contributed by atoms with Crippen LogP contribution in [0.5, 0.6) is 0 Å². The quantitative estimate of drug-likeness (QED) is 0.345. The van der Waals surface area contributed by atoms with Gasteiger partial charge < -0.3 is 19.7 Å². The minimum Gasteiger partial charge on any atom is -0.462 e. The number of alkyl carbamates (subject to hydrolysis) is 1. The lowest BCUT2D eigenvalue weighted by Crippen LogP contribution is -2.40. The first-order valence-corrected chi connectivity index (χ1v) is 13.3. The lowest BCUT2D eigenvalue weighted by molar-refractivity contribution is 0.0504. The number of nitrogens with zero attached hydrogens (tertiary/aromatic N) is 3. The zero-order valence-corrected chi connectivity index (χ0v) is 22.8. The monoisotopic (exact) mass is 560 g/mol. The first-order chi connectivity index (χ1) is 18.0. The van der Waals surface area contributed by atoms with Crippen LogP contribution in [0.3, 0.4) is 0 Å². The summed E-state index contributed by atoms with van der Waals surface area (Å²) < 4.78 is 28.4. The Hall–Kier alpha value is -3.44. The molecule has 38 heavy (non-hydrogen) atoms. The number of benzene rings is 1.